The average molecular weight is 437 g/mol. The number of likely N-dealkylation sites (N-methyl/N-ethyl adjacent to an activating group) is 1. The second-order valence-electron chi connectivity index (χ2n) is 8.25. The lowest BCUT2D eigenvalue weighted by molar-refractivity contribution is -0.151. The van der Waals surface area contributed by atoms with Crippen LogP contribution in [0.5, 0.6) is 0 Å². The maximum absolute atomic E-state index is 12.9. The van der Waals surface area contributed by atoms with E-state index in [0.717, 1.165) is 27.3 Å². The van der Waals surface area contributed by atoms with E-state index in [2.05, 4.69) is 0 Å². The van der Waals surface area contributed by atoms with Crippen molar-refractivity contribution in [3.8, 4) is 0 Å². The summed E-state index contributed by atoms with van der Waals surface area (Å²) in [6.07, 6.45) is 2.98. The van der Waals surface area contributed by atoms with Crippen LogP contribution in [-0.4, -0.2) is 60.9 Å². The van der Waals surface area contributed by atoms with Crippen LogP contribution in [0.15, 0.2) is 47.1 Å². The van der Waals surface area contributed by atoms with E-state index >= 15 is 0 Å². The average Bonchev–Trinajstić information content (AvgIpc) is 3.22. The quantitative estimate of drug-likeness (QED) is 0.554. The molecule has 1 aliphatic heterocycles. The van der Waals surface area contributed by atoms with E-state index in [1.54, 1.807) is 25.1 Å². The fourth-order valence-corrected chi connectivity index (χ4v) is 4.32. The molecule has 4 rings (SSSR count). The lowest BCUT2D eigenvalue weighted by Gasteiger charge is -2.32. The summed E-state index contributed by atoms with van der Waals surface area (Å²) in [5.41, 5.74) is 1.56. The number of carbonyl (C=O) groups is 3. The number of benzene rings is 2. The Morgan fingerprint density at radius 3 is 2.62 bits per heavy atom. The van der Waals surface area contributed by atoms with E-state index in [1.807, 2.05) is 36.4 Å². The molecule has 0 atom stereocenters. The van der Waals surface area contributed by atoms with Gasteiger partial charge < -0.3 is 19.0 Å². The lowest BCUT2D eigenvalue weighted by Crippen LogP contribution is -2.45. The third-order valence-corrected chi connectivity index (χ3v) is 6.15. The molecule has 2 amide bonds. The first kappa shape index (κ1) is 21.9. The molecule has 0 N–H and O–H groups in total. The van der Waals surface area contributed by atoms with Gasteiger partial charge in [-0.15, -0.1) is 0 Å². The zero-order valence-electron chi connectivity index (χ0n) is 18.5. The van der Waals surface area contributed by atoms with Crippen molar-refractivity contribution >= 4 is 39.5 Å². The number of hydrogen-bond acceptors (Lipinski definition) is 5. The van der Waals surface area contributed by atoms with Crippen LogP contribution >= 0.6 is 0 Å². The van der Waals surface area contributed by atoms with Crippen LogP contribution in [0.2, 0.25) is 0 Å². The Balaban J connectivity index is 1.37. The van der Waals surface area contributed by atoms with Crippen molar-refractivity contribution in [3.63, 3.8) is 0 Å². The van der Waals surface area contributed by atoms with Crippen molar-refractivity contribution in [3.05, 3.63) is 48.2 Å². The maximum atomic E-state index is 12.9. The van der Waals surface area contributed by atoms with Gasteiger partial charge in [-0.2, -0.15) is 0 Å². The predicted molar refractivity (Wildman–Crippen MR) is 121 cm³/mol. The monoisotopic (exact) mass is 436 g/mol. The first-order chi connectivity index (χ1) is 15.5. The number of furan rings is 1. The number of hydrogen-bond donors (Lipinski definition) is 0. The third-order valence-electron chi connectivity index (χ3n) is 6.15. The van der Waals surface area contributed by atoms with Gasteiger partial charge in [-0.1, -0.05) is 30.3 Å². The molecule has 7 heteroatoms. The largest absolute Gasteiger partial charge is 0.466 e. The highest BCUT2D eigenvalue weighted by Gasteiger charge is 2.29. The number of piperidine rings is 1. The molecule has 0 aliphatic carbocycles. The van der Waals surface area contributed by atoms with Crippen molar-refractivity contribution in [1.29, 1.82) is 0 Å². The third kappa shape index (κ3) is 4.47. The topological polar surface area (TPSA) is 80.1 Å². The smallest absolute Gasteiger partial charge is 0.309 e. The van der Waals surface area contributed by atoms with Crippen molar-refractivity contribution in [2.24, 2.45) is 5.92 Å². The van der Waals surface area contributed by atoms with Crippen molar-refractivity contribution in [1.82, 2.24) is 9.80 Å². The molecule has 0 spiro atoms. The number of fused-ring (bicyclic) bond motifs is 3. The second kappa shape index (κ2) is 9.42. The number of esters is 1. The molecule has 0 bridgehead atoms. The lowest BCUT2D eigenvalue weighted by atomic mass is 9.97. The molecule has 2 aromatic carbocycles. The van der Waals surface area contributed by atoms with Crippen LogP contribution in [0, 0.1) is 5.92 Å². The number of likely N-dealkylation sites (tertiary alicyclic amines) is 1. The van der Waals surface area contributed by atoms with Gasteiger partial charge in [-0.3, -0.25) is 14.4 Å². The van der Waals surface area contributed by atoms with E-state index in [0.29, 0.717) is 32.5 Å². The summed E-state index contributed by atoms with van der Waals surface area (Å²) in [4.78, 5) is 40.6. The molecule has 1 aliphatic rings. The summed E-state index contributed by atoms with van der Waals surface area (Å²) in [6, 6.07) is 11.9. The Morgan fingerprint density at radius 2 is 1.88 bits per heavy atom. The van der Waals surface area contributed by atoms with Crippen LogP contribution in [0.25, 0.3) is 21.7 Å². The van der Waals surface area contributed by atoms with Gasteiger partial charge >= 0.3 is 5.97 Å². The number of rotatable bonds is 6. The minimum Gasteiger partial charge on any atom is -0.466 e. The number of amides is 2. The predicted octanol–water partition coefficient (Wildman–Crippen LogP) is 3.39. The maximum Gasteiger partial charge on any atom is 0.309 e. The van der Waals surface area contributed by atoms with Gasteiger partial charge in [-0.25, -0.2) is 0 Å². The summed E-state index contributed by atoms with van der Waals surface area (Å²) < 4.78 is 10.8. The van der Waals surface area contributed by atoms with Crippen LogP contribution in [-0.2, 0) is 25.5 Å². The molecular formula is C25H28N2O5. The van der Waals surface area contributed by atoms with Gasteiger partial charge in [0.15, 0.2) is 0 Å². The molecule has 168 valence electrons. The summed E-state index contributed by atoms with van der Waals surface area (Å²) in [5, 5.41) is 3.08. The zero-order valence-corrected chi connectivity index (χ0v) is 18.5. The molecule has 3 aromatic rings. The first-order valence-electron chi connectivity index (χ1n) is 11.0. The summed E-state index contributed by atoms with van der Waals surface area (Å²) >= 11 is 0. The van der Waals surface area contributed by atoms with Crippen LogP contribution in [0.3, 0.4) is 0 Å². The molecule has 32 heavy (non-hydrogen) atoms. The van der Waals surface area contributed by atoms with Gasteiger partial charge in [0, 0.05) is 31.1 Å². The Morgan fingerprint density at radius 1 is 1.12 bits per heavy atom. The molecule has 0 saturated carbocycles. The highest BCUT2D eigenvalue weighted by Crippen LogP contribution is 2.30. The van der Waals surface area contributed by atoms with Crippen LogP contribution in [0.1, 0.15) is 25.3 Å². The SMILES string of the molecule is CCOC(=O)C1CCN(C(=O)CN(C)C(=O)Cc2coc3ccc4ccccc4c23)CC1. The highest BCUT2D eigenvalue weighted by atomic mass is 16.5. The molecule has 1 fully saturated rings. The van der Waals surface area contributed by atoms with E-state index in [-0.39, 0.29) is 36.7 Å². The summed E-state index contributed by atoms with van der Waals surface area (Å²) in [5.74, 6) is -0.588. The van der Waals surface area contributed by atoms with Gasteiger partial charge in [0.05, 0.1) is 31.8 Å². The van der Waals surface area contributed by atoms with Gasteiger partial charge in [0.25, 0.3) is 0 Å². The molecule has 0 unspecified atom stereocenters. The molecule has 0 radical (unpaired) electrons. The summed E-state index contributed by atoms with van der Waals surface area (Å²) in [7, 11) is 1.64. The van der Waals surface area contributed by atoms with Crippen molar-refractivity contribution < 1.29 is 23.5 Å². The van der Waals surface area contributed by atoms with E-state index in [4.69, 9.17) is 9.15 Å². The summed E-state index contributed by atoms with van der Waals surface area (Å²) in [6.45, 7) is 3.18. The highest BCUT2D eigenvalue weighted by molar-refractivity contribution is 6.08. The van der Waals surface area contributed by atoms with Crippen LogP contribution < -0.4 is 0 Å². The van der Waals surface area contributed by atoms with Gasteiger partial charge in [0.1, 0.15) is 5.58 Å². The minimum atomic E-state index is -0.188. The van der Waals surface area contributed by atoms with E-state index in [1.165, 1.54) is 4.90 Å². The minimum absolute atomic E-state index is 0.0133. The molecule has 2 heterocycles. The standard InChI is InChI=1S/C25H28N2O5/c1-3-31-25(30)18-10-12-27(13-11-18)23(29)15-26(2)22(28)14-19-16-32-21-9-8-17-6-4-5-7-20(17)24(19)21/h4-9,16,18H,3,10-15H2,1-2H3. The Bertz CT molecular complexity index is 1140. The van der Waals surface area contributed by atoms with E-state index < -0.39 is 0 Å². The number of carbonyl (C=O) groups excluding carboxylic acids is 3. The molecule has 1 aromatic heterocycles. The Labute approximate surface area is 186 Å². The number of nitrogens with zero attached hydrogens (tertiary/aromatic N) is 2. The van der Waals surface area contributed by atoms with Gasteiger partial charge in [-0.05, 0) is 36.6 Å². The molecule has 7 nitrogen and oxygen atoms in total. The fourth-order valence-electron chi connectivity index (χ4n) is 4.32. The molecular weight excluding hydrogens is 408 g/mol. The second-order valence-corrected chi connectivity index (χ2v) is 8.25. The Hall–Kier alpha value is -3.35. The molecule has 1 saturated heterocycles. The van der Waals surface area contributed by atoms with Crippen molar-refractivity contribution in [2.75, 3.05) is 33.3 Å². The van der Waals surface area contributed by atoms with E-state index in [9.17, 15) is 14.4 Å². The van der Waals surface area contributed by atoms with Crippen LogP contribution in [0.4, 0.5) is 0 Å². The van der Waals surface area contributed by atoms with Crippen molar-refractivity contribution in [2.45, 2.75) is 26.2 Å². The normalized spacial score (nSPS) is 14.6. The fraction of sp³-hybridized carbons (Fsp3) is 0.400. The number of ether oxygens (including phenoxy) is 1. The first-order valence-corrected chi connectivity index (χ1v) is 11.0. The zero-order chi connectivity index (χ0) is 22.7. The van der Waals surface area contributed by atoms with Gasteiger partial charge in [0.2, 0.25) is 11.8 Å². The Kier molecular flexibility index (Phi) is 6.44.